The van der Waals surface area contributed by atoms with Crippen LogP contribution in [0.2, 0.25) is 36.3 Å². The van der Waals surface area contributed by atoms with Crippen molar-refractivity contribution >= 4 is 16.6 Å². The third-order valence-electron chi connectivity index (χ3n) is 7.24. The van der Waals surface area contributed by atoms with Gasteiger partial charge in [-0.25, -0.2) is 0 Å². The van der Waals surface area contributed by atoms with Gasteiger partial charge in [0.1, 0.15) is 0 Å². The third kappa shape index (κ3) is 9.61. The van der Waals surface area contributed by atoms with Crippen molar-refractivity contribution in [3.05, 3.63) is 0 Å². The molecule has 0 saturated heterocycles. The Morgan fingerprint density at radius 1 is 0.857 bits per heavy atom. The highest BCUT2D eigenvalue weighted by Gasteiger charge is 2.39. The average Bonchev–Trinajstić information content (AvgIpc) is 2.71. The molecule has 0 aromatic rings. The highest BCUT2D eigenvalue weighted by atomic mass is 28.4. The van der Waals surface area contributed by atoms with Gasteiger partial charge in [0, 0.05) is 6.42 Å². The monoisotopic (exact) mass is 426 g/mol. The van der Waals surface area contributed by atoms with Crippen LogP contribution in [0.3, 0.4) is 0 Å². The van der Waals surface area contributed by atoms with Gasteiger partial charge in [0.15, 0.2) is 16.6 Å². The molecule has 1 rings (SSSR count). The van der Waals surface area contributed by atoms with Gasteiger partial charge in [0.2, 0.25) is 0 Å². The molecular formula is C24H50O2Si2. The third-order valence-corrected chi connectivity index (χ3v) is 18.4. The van der Waals surface area contributed by atoms with E-state index in [-0.39, 0.29) is 0 Å². The van der Waals surface area contributed by atoms with Crippen LogP contribution in [-0.4, -0.2) is 27.3 Å². The van der Waals surface area contributed by atoms with Gasteiger partial charge in [-0.2, -0.15) is 0 Å². The SMILES string of the molecule is C#CCC(C)(O)CC1CCCCC1.CC[Si](CC)(CC)O[Si](CC)(CC)CC. The molecule has 28 heavy (non-hydrogen) atoms. The predicted molar refractivity (Wildman–Crippen MR) is 131 cm³/mol. The highest BCUT2D eigenvalue weighted by Crippen LogP contribution is 2.32. The van der Waals surface area contributed by atoms with Crippen LogP contribution in [0, 0.1) is 18.3 Å². The molecule has 1 atom stereocenters. The maximum absolute atomic E-state index is 9.92. The quantitative estimate of drug-likeness (QED) is 0.270. The summed E-state index contributed by atoms with van der Waals surface area (Å²) >= 11 is 0. The van der Waals surface area contributed by atoms with E-state index in [0.717, 1.165) is 6.42 Å². The summed E-state index contributed by atoms with van der Waals surface area (Å²) in [5.74, 6) is 3.25. The summed E-state index contributed by atoms with van der Waals surface area (Å²) in [5.41, 5.74) is -0.628. The van der Waals surface area contributed by atoms with Gasteiger partial charge < -0.3 is 9.22 Å². The molecule has 0 radical (unpaired) electrons. The Morgan fingerprint density at radius 3 is 1.57 bits per heavy atom. The van der Waals surface area contributed by atoms with E-state index >= 15 is 0 Å². The summed E-state index contributed by atoms with van der Waals surface area (Å²) in [6.45, 7) is 15.9. The van der Waals surface area contributed by atoms with Crippen molar-refractivity contribution in [3.8, 4) is 12.3 Å². The van der Waals surface area contributed by atoms with Gasteiger partial charge in [-0.3, -0.25) is 0 Å². The second-order valence-corrected chi connectivity index (χ2v) is 19.0. The van der Waals surface area contributed by atoms with Crippen LogP contribution >= 0.6 is 0 Å². The number of hydrogen-bond donors (Lipinski definition) is 1. The molecule has 1 saturated carbocycles. The van der Waals surface area contributed by atoms with Crippen molar-refractivity contribution in [1.82, 2.24) is 0 Å². The first-order valence-electron chi connectivity index (χ1n) is 12.1. The summed E-state index contributed by atoms with van der Waals surface area (Å²) in [6, 6.07) is 7.80. The zero-order valence-electron chi connectivity index (χ0n) is 20.2. The second kappa shape index (κ2) is 14.0. The molecule has 1 fully saturated rings. The topological polar surface area (TPSA) is 29.5 Å². The Morgan fingerprint density at radius 2 is 1.25 bits per heavy atom. The van der Waals surface area contributed by atoms with Gasteiger partial charge in [0.25, 0.3) is 0 Å². The van der Waals surface area contributed by atoms with Crippen LogP contribution < -0.4 is 0 Å². The minimum atomic E-state index is -1.35. The minimum absolute atomic E-state index is 0.490. The van der Waals surface area contributed by atoms with Crippen molar-refractivity contribution < 1.29 is 9.22 Å². The van der Waals surface area contributed by atoms with E-state index in [1.165, 1.54) is 68.4 Å². The lowest BCUT2D eigenvalue weighted by Gasteiger charge is -2.40. The molecule has 0 aliphatic heterocycles. The molecular weight excluding hydrogens is 376 g/mol. The van der Waals surface area contributed by atoms with Crippen LogP contribution in [0.5, 0.6) is 0 Å². The summed E-state index contributed by atoms with van der Waals surface area (Å²) in [5, 5.41) is 9.92. The van der Waals surface area contributed by atoms with E-state index in [1.807, 2.05) is 6.92 Å². The van der Waals surface area contributed by atoms with E-state index in [4.69, 9.17) is 10.5 Å². The summed E-state index contributed by atoms with van der Waals surface area (Å²) < 4.78 is 6.80. The largest absolute Gasteiger partial charge is 0.455 e. The molecule has 166 valence electrons. The highest BCUT2D eigenvalue weighted by molar-refractivity contribution is 6.87. The van der Waals surface area contributed by atoms with Crippen molar-refractivity contribution in [3.63, 3.8) is 0 Å². The normalized spacial score (nSPS) is 18.0. The van der Waals surface area contributed by atoms with E-state index < -0.39 is 22.2 Å². The fraction of sp³-hybridized carbons (Fsp3) is 0.917. The first-order chi connectivity index (χ1) is 13.2. The van der Waals surface area contributed by atoms with E-state index in [9.17, 15) is 5.11 Å². The lowest BCUT2D eigenvalue weighted by Crippen LogP contribution is -2.49. The average molecular weight is 427 g/mol. The molecule has 1 aliphatic carbocycles. The summed E-state index contributed by atoms with van der Waals surface area (Å²) in [6.07, 6.45) is 13.2. The zero-order valence-corrected chi connectivity index (χ0v) is 22.2. The first-order valence-corrected chi connectivity index (χ1v) is 17.1. The van der Waals surface area contributed by atoms with Gasteiger partial charge in [-0.15, -0.1) is 12.3 Å². The molecule has 2 nitrogen and oxygen atoms in total. The van der Waals surface area contributed by atoms with Crippen LogP contribution in [0.25, 0.3) is 0 Å². The van der Waals surface area contributed by atoms with Crippen LogP contribution in [0.15, 0.2) is 0 Å². The molecule has 0 bridgehead atoms. The van der Waals surface area contributed by atoms with E-state index in [1.54, 1.807) is 0 Å². The molecule has 1 N–H and O–H groups in total. The Bertz CT molecular complexity index is 394. The Kier molecular flexibility index (Phi) is 14.0. The Labute approximate surface area is 179 Å². The van der Waals surface area contributed by atoms with Crippen molar-refractivity contribution in [2.24, 2.45) is 5.92 Å². The maximum Gasteiger partial charge on any atom is 0.178 e. The molecule has 0 amide bonds. The van der Waals surface area contributed by atoms with Crippen molar-refractivity contribution in [1.29, 1.82) is 0 Å². The molecule has 0 spiro atoms. The molecule has 0 aromatic heterocycles. The summed E-state index contributed by atoms with van der Waals surface area (Å²) in [7, 11) is -2.71. The van der Waals surface area contributed by atoms with Crippen molar-refractivity contribution in [2.45, 2.75) is 135 Å². The van der Waals surface area contributed by atoms with Crippen LogP contribution in [0.1, 0.15) is 93.4 Å². The standard InChI is InChI=1S/C12H30OSi2.C12H20O/c1-7-14(8-2,9-3)13-15(10-4,11-5)12-6;1-3-9-12(2,13)10-11-7-5-4-6-8-11/h7-12H2,1-6H3;1,11,13H,4-10H2,2H3. The fourth-order valence-electron chi connectivity index (χ4n) is 4.70. The number of terminal acetylenes is 1. The van der Waals surface area contributed by atoms with Gasteiger partial charge in [0.05, 0.1) is 5.60 Å². The van der Waals surface area contributed by atoms with Gasteiger partial charge in [-0.1, -0.05) is 73.6 Å². The summed E-state index contributed by atoms with van der Waals surface area (Å²) in [4.78, 5) is 0. The Hall–Kier alpha value is -0.0862. The lowest BCUT2D eigenvalue weighted by molar-refractivity contribution is 0.0324. The number of rotatable bonds is 11. The molecule has 4 heteroatoms. The van der Waals surface area contributed by atoms with Gasteiger partial charge >= 0.3 is 0 Å². The van der Waals surface area contributed by atoms with Gasteiger partial charge in [-0.05, 0) is 55.5 Å². The lowest BCUT2D eigenvalue weighted by atomic mass is 9.80. The molecule has 1 aliphatic rings. The van der Waals surface area contributed by atoms with Crippen molar-refractivity contribution in [2.75, 3.05) is 0 Å². The molecule has 0 aromatic carbocycles. The van der Waals surface area contributed by atoms with Crippen LogP contribution in [-0.2, 0) is 4.12 Å². The maximum atomic E-state index is 9.92. The Balaban J connectivity index is 0.000000525. The predicted octanol–water partition coefficient (Wildman–Crippen LogP) is 7.74. The molecule has 1 unspecified atom stereocenters. The first kappa shape index (κ1) is 27.9. The van der Waals surface area contributed by atoms with E-state index in [0.29, 0.717) is 12.3 Å². The number of hydrogen-bond acceptors (Lipinski definition) is 2. The smallest absolute Gasteiger partial charge is 0.178 e. The minimum Gasteiger partial charge on any atom is -0.455 e. The number of aliphatic hydroxyl groups is 1. The zero-order chi connectivity index (χ0) is 21.7. The molecule has 0 heterocycles. The second-order valence-electron chi connectivity index (χ2n) is 9.18. The fourth-order valence-corrected chi connectivity index (χ4v) is 14.8. The van der Waals surface area contributed by atoms with Crippen LogP contribution in [0.4, 0.5) is 0 Å². The van der Waals surface area contributed by atoms with E-state index in [2.05, 4.69) is 47.5 Å².